The summed E-state index contributed by atoms with van der Waals surface area (Å²) in [6.07, 6.45) is -0.559. The second-order valence-electron chi connectivity index (χ2n) is 3.80. The molecule has 1 unspecified atom stereocenters. The Morgan fingerprint density at radius 1 is 1.50 bits per heavy atom. The molecule has 84 valence electrons. The van der Waals surface area contributed by atoms with Crippen molar-refractivity contribution in [2.24, 2.45) is 0 Å². The molecule has 0 fully saturated rings. The van der Waals surface area contributed by atoms with Gasteiger partial charge in [-0.25, -0.2) is 0 Å². The van der Waals surface area contributed by atoms with Crippen molar-refractivity contribution in [3.63, 3.8) is 0 Å². The molecule has 0 aliphatic carbocycles. The molecule has 1 aromatic heterocycles. The highest BCUT2D eigenvalue weighted by molar-refractivity contribution is 5.84. The highest BCUT2D eigenvalue weighted by Crippen LogP contribution is 2.14. The first kappa shape index (κ1) is 10.7. The number of para-hydroxylation sites is 1. The summed E-state index contributed by atoms with van der Waals surface area (Å²) < 4.78 is 0. The van der Waals surface area contributed by atoms with E-state index in [0.29, 0.717) is 0 Å². The molecular formula is C12H14N2O2. The van der Waals surface area contributed by atoms with Gasteiger partial charge in [0, 0.05) is 11.2 Å². The molecule has 1 aromatic carbocycles. The van der Waals surface area contributed by atoms with Crippen LogP contribution < -0.4 is 5.32 Å². The molecule has 1 heterocycles. The Labute approximate surface area is 93.3 Å². The van der Waals surface area contributed by atoms with Crippen LogP contribution in [-0.4, -0.2) is 22.2 Å². The third kappa shape index (κ3) is 2.41. The van der Waals surface area contributed by atoms with Gasteiger partial charge in [0.1, 0.15) is 6.23 Å². The van der Waals surface area contributed by atoms with Gasteiger partial charge < -0.3 is 15.4 Å². The molecular weight excluding hydrogens is 204 g/mol. The molecule has 0 aliphatic rings. The van der Waals surface area contributed by atoms with Crippen LogP contribution in [0.15, 0.2) is 30.3 Å². The lowest BCUT2D eigenvalue weighted by molar-refractivity contribution is -0.123. The minimum absolute atomic E-state index is 0.193. The van der Waals surface area contributed by atoms with Crippen molar-refractivity contribution in [2.75, 3.05) is 0 Å². The molecule has 3 N–H and O–H groups in total. The van der Waals surface area contributed by atoms with E-state index in [0.717, 1.165) is 16.6 Å². The summed E-state index contributed by atoms with van der Waals surface area (Å²) in [5.74, 6) is -0.193. The van der Waals surface area contributed by atoms with Gasteiger partial charge in [-0.2, -0.15) is 0 Å². The normalized spacial score (nSPS) is 12.6. The molecule has 16 heavy (non-hydrogen) atoms. The number of carbonyl (C=O) groups is 1. The van der Waals surface area contributed by atoms with Crippen LogP contribution >= 0.6 is 0 Å². The van der Waals surface area contributed by atoms with E-state index in [9.17, 15) is 4.79 Å². The largest absolute Gasteiger partial charge is 0.374 e. The van der Waals surface area contributed by atoms with E-state index < -0.39 is 6.23 Å². The van der Waals surface area contributed by atoms with E-state index in [2.05, 4.69) is 10.3 Å². The Hall–Kier alpha value is -1.81. The van der Waals surface area contributed by atoms with Crippen molar-refractivity contribution in [2.45, 2.75) is 19.6 Å². The lowest BCUT2D eigenvalue weighted by atomic mass is 10.2. The smallest absolute Gasteiger partial charge is 0.227 e. The first-order chi connectivity index (χ1) is 7.65. The Balaban J connectivity index is 2.12. The van der Waals surface area contributed by atoms with Gasteiger partial charge in [-0.1, -0.05) is 18.2 Å². The summed E-state index contributed by atoms with van der Waals surface area (Å²) in [6, 6.07) is 9.79. The second kappa shape index (κ2) is 4.37. The number of aromatic amines is 1. The predicted octanol–water partition coefficient (Wildman–Crippen LogP) is 1.16. The predicted molar refractivity (Wildman–Crippen MR) is 61.8 cm³/mol. The summed E-state index contributed by atoms with van der Waals surface area (Å²) in [4.78, 5) is 14.6. The number of benzene rings is 1. The van der Waals surface area contributed by atoms with Gasteiger partial charge in [0.15, 0.2) is 0 Å². The fourth-order valence-corrected chi connectivity index (χ4v) is 1.69. The van der Waals surface area contributed by atoms with Crippen molar-refractivity contribution in [1.82, 2.24) is 10.3 Å². The molecule has 1 amide bonds. The highest BCUT2D eigenvalue weighted by atomic mass is 16.3. The maximum atomic E-state index is 11.4. The number of nitrogens with one attached hydrogen (secondary N) is 2. The molecule has 1 atom stereocenters. The maximum absolute atomic E-state index is 11.4. The molecule has 0 saturated heterocycles. The van der Waals surface area contributed by atoms with Gasteiger partial charge in [0.25, 0.3) is 0 Å². The topological polar surface area (TPSA) is 65.1 Å². The maximum Gasteiger partial charge on any atom is 0.227 e. The van der Waals surface area contributed by atoms with Crippen LogP contribution in [0.3, 0.4) is 0 Å². The van der Waals surface area contributed by atoms with Crippen LogP contribution in [0.1, 0.15) is 12.6 Å². The number of rotatable bonds is 3. The Kier molecular flexibility index (Phi) is 2.92. The number of hydrogen-bond donors (Lipinski definition) is 3. The fraction of sp³-hybridized carbons (Fsp3) is 0.250. The first-order valence-corrected chi connectivity index (χ1v) is 5.19. The molecule has 0 spiro atoms. The van der Waals surface area contributed by atoms with Gasteiger partial charge in [-0.15, -0.1) is 0 Å². The number of carbonyl (C=O) groups excluding carboxylic acids is 1. The number of aliphatic hydroxyl groups excluding tert-OH is 1. The van der Waals surface area contributed by atoms with Crippen molar-refractivity contribution < 1.29 is 9.90 Å². The molecule has 4 heteroatoms. The van der Waals surface area contributed by atoms with Crippen molar-refractivity contribution in [1.29, 1.82) is 0 Å². The van der Waals surface area contributed by atoms with Crippen LogP contribution in [0.5, 0.6) is 0 Å². The number of amides is 1. The monoisotopic (exact) mass is 218 g/mol. The lowest BCUT2D eigenvalue weighted by Crippen LogP contribution is -2.33. The van der Waals surface area contributed by atoms with Gasteiger partial charge >= 0.3 is 0 Å². The number of aromatic nitrogens is 1. The van der Waals surface area contributed by atoms with Crippen LogP contribution in [-0.2, 0) is 11.2 Å². The summed E-state index contributed by atoms with van der Waals surface area (Å²) in [6.45, 7) is 1.52. The number of H-pyrrole nitrogens is 1. The Morgan fingerprint density at radius 3 is 2.94 bits per heavy atom. The van der Waals surface area contributed by atoms with E-state index in [1.54, 1.807) is 0 Å². The number of fused-ring (bicyclic) bond motifs is 1. The van der Waals surface area contributed by atoms with E-state index in [1.165, 1.54) is 6.92 Å². The van der Waals surface area contributed by atoms with E-state index in [-0.39, 0.29) is 12.3 Å². The van der Waals surface area contributed by atoms with Gasteiger partial charge in [-0.05, 0) is 24.4 Å². The van der Waals surface area contributed by atoms with Crippen LogP contribution in [0, 0.1) is 0 Å². The van der Waals surface area contributed by atoms with E-state index in [4.69, 9.17) is 5.11 Å². The summed E-state index contributed by atoms with van der Waals surface area (Å²) in [5.41, 5.74) is 1.86. The van der Waals surface area contributed by atoms with Crippen LogP contribution in [0.25, 0.3) is 10.9 Å². The lowest BCUT2D eigenvalue weighted by Gasteiger charge is -2.05. The molecule has 0 aliphatic heterocycles. The zero-order chi connectivity index (χ0) is 11.5. The van der Waals surface area contributed by atoms with Gasteiger partial charge in [0.2, 0.25) is 5.91 Å². The molecule has 4 nitrogen and oxygen atoms in total. The minimum atomic E-state index is -0.808. The third-order valence-electron chi connectivity index (χ3n) is 2.31. The summed E-state index contributed by atoms with van der Waals surface area (Å²) in [7, 11) is 0. The van der Waals surface area contributed by atoms with Crippen molar-refractivity contribution in [3.05, 3.63) is 36.0 Å². The quantitative estimate of drug-likeness (QED) is 0.677. The molecule has 0 bridgehead atoms. The molecule has 2 rings (SSSR count). The van der Waals surface area contributed by atoms with Gasteiger partial charge in [-0.3, -0.25) is 4.79 Å². The standard InChI is InChI=1S/C12H14N2O2/c1-8(15)13-12(16)7-10-6-9-4-2-3-5-11(9)14-10/h2-6,8,14-15H,7H2,1H3,(H,13,16). The van der Waals surface area contributed by atoms with E-state index in [1.807, 2.05) is 30.3 Å². The Morgan fingerprint density at radius 2 is 2.25 bits per heavy atom. The minimum Gasteiger partial charge on any atom is -0.374 e. The van der Waals surface area contributed by atoms with Crippen molar-refractivity contribution >= 4 is 16.8 Å². The summed E-state index contributed by atoms with van der Waals surface area (Å²) in [5, 5.41) is 12.5. The average Bonchev–Trinajstić information content (AvgIpc) is 2.57. The zero-order valence-corrected chi connectivity index (χ0v) is 9.03. The number of hydrogen-bond acceptors (Lipinski definition) is 2. The zero-order valence-electron chi connectivity index (χ0n) is 9.03. The Bertz CT molecular complexity index is 469. The van der Waals surface area contributed by atoms with Crippen LogP contribution in [0.2, 0.25) is 0 Å². The first-order valence-electron chi connectivity index (χ1n) is 5.19. The van der Waals surface area contributed by atoms with Crippen LogP contribution in [0.4, 0.5) is 0 Å². The molecule has 0 radical (unpaired) electrons. The molecule has 0 saturated carbocycles. The average molecular weight is 218 g/mol. The third-order valence-corrected chi connectivity index (χ3v) is 2.31. The highest BCUT2D eigenvalue weighted by Gasteiger charge is 2.07. The van der Waals surface area contributed by atoms with Gasteiger partial charge in [0.05, 0.1) is 6.42 Å². The van der Waals surface area contributed by atoms with Crippen molar-refractivity contribution in [3.8, 4) is 0 Å². The molecule has 2 aromatic rings. The van der Waals surface area contributed by atoms with E-state index >= 15 is 0 Å². The second-order valence-corrected chi connectivity index (χ2v) is 3.80. The fourth-order valence-electron chi connectivity index (χ4n) is 1.69. The summed E-state index contributed by atoms with van der Waals surface area (Å²) >= 11 is 0. The number of aliphatic hydroxyl groups is 1. The SMILES string of the molecule is CC(O)NC(=O)Cc1cc2ccccc2[nH]1.